The number of amides is 2. The van der Waals surface area contributed by atoms with E-state index >= 15 is 0 Å². The Morgan fingerprint density at radius 3 is 2.16 bits per heavy atom. The molecule has 0 N–H and O–H groups in total. The number of piperidine rings is 1. The normalized spacial score (nSPS) is 17.4. The second-order valence-corrected chi connectivity index (χ2v) is 6.93. The van der Waals surface area contributed by atoms with Gasteiger partial charge in [-0.25, -0.2) is 0 Å². The average molecular weight is 344 g/mol. The molecule has 0 spiro atoms. The summed E-state index contributed by atoms with van der Waals surface area (Å²) in [5.41, 5.74) is 1.36. The number of nitrogens with zero attached hydrogens (tertiary/aromatic N) is 2. The molecule has 4 nitrogen and oxygen atoms in total. The zero-order valence-electron chi connectivity index (χ0n) is 16.0. The van der Waals surface area contributed by atoms with Gasteiger partial charge in [-0.2, -0.15) is 0 Å². The molecule has 0 saturated carbocycles. The van der Waals surface area contributed by atoms with Crippen LogP contribution in [0.15, 0.2) is 24.3 Å². The molecule has 1 heterocycles. The summed E-state index contributed by atoms with van der Waals surface area (Å²) in [6, 6.07) is 7.59. The van der Waals surface area contributed by atoms with E-state index in [-0.39, 0.29) is 11.8 Å². The molecule has 138 valence electrons. The second kappa shape index (κ2) is 9.59. The van der Waals surface area contributed by atoms with E-state index in [0.717, 1.165) is 51.7 Å². The van der Waals surface area contributed by atoms with Gasteiger partial charge in [0.1, 0.15) is 0 Å². The van der Waals surface area contributed by atoms with E-state index in [1.54, 1.807) is 12.1 Å². The van der Waals surface area contributed by atoms with Crippen molar-refractivity contribution in [2.75, 3.05) is 19.6 Å². The van der Waals surface area contributed by atoms with Gasteiger partial charge in [-0.05, 0) is 62.8 Å². The van der Waals surface area contributed by atoms with Crippen LogP contribution in [0.25, 0.3) is 0 Å². The van der Waals surface area contributed by atoms with Crippen molar-refractivity contribution in [3.8, 4) is 0 Å². The summed E-state index contributed by atoms with van der Waals surface area (Å²) in [4.78, 5) is 29.4. The van der Waals surface area contributed by atoms with E-state index in [9.17, 15) is 9.59 Å². The minimum Gasteiger partial charge on any atom is -0.339 e. The van der Waals surface area contributed by atoms with Crippen LogP contribution in [0.2, 0.25) is 0 Å². The summed E-state index contributed by atoms with van der Waals surface area (Å²) in [6.45, 7) is 8.71. The Hall–Kier alpha value is -1.84. The van der Waals surface area contributed by atoms with Gasteiger partial charge in [0.15, 0.2) is 0 Å². The molecule has 1 aliphatic rings. The zero-order valence-corrected chi connectivity index (χ0v) is 16.0. The maximum Gasteiger partial charge on any atom is 0.254 e. The first kappa shape index (κ1) is 19.5. The summed E-state index contributed by atoms with van der Waals surface area (Å²) >= 11 is 0. The first-order chi connectivity index (χ1) is 12.1. The van der Waals surface area contributed by atoms with Gasteiger partial charge in [0, 0.05) is 36.8 Å². The average Bonchev–Trinajstić information content (AvgIpc) is 2.66. The highest BCUT2D eigenvalue weighted by Gasteiger charge is 2.26. The summed E-state index contributed by atoms with van der Waals surface area (Å²) in [5, 5.41) is 0. The Morgan fingerprint density at radius 1 is 1.00 bits per heavy atom. The van der Waals surface area contributed by atoms with E-state index in [1.807, 2.05) is 21.9 Å². The molecular formula is C21H32N2O2. The summed E-state index contributed by atoms with van der Waals surface area (Å²) < 4.78 is 0. The van der Waals surface area contributed by atoms with Crippen LogP contribution in [-0.2, 0) is 0 Å². The molecule has 25 heavy (non-hydrogen) atoms. The molecule has 0 bridgehead atoms. The number of likely N-dealkylation sites (tertiary alicyclic amines) is 1. The number of carbonyl (C=O) groups excluding carboxylic acids is 2. The molecule has 1 fully saturated rings. The van der Waals surface area contributed by atoms with Crippen molar-refractivity contribution >= 4 is 11.8 Å². The summed E-state index contributed by atoms with van der Waals surface area (Å²) in [7, 11) is 0. The highest BCUT2D eigenvalue weighted by atomic mass is 16.2. The molecule has 1 aromatic rings. The topological polar surface area (TPSA) is 40.6 Å². The van der Waals surface area contributed by atoms with E-state index in [4.69, 9.17) is 0 Å². The number of rotatable bonds is 7. The largest absolute Gasteiger partial charge is 0.339 e. The van der Waals surface area contributed by atoms with E-state index in [2.05, 4.69) is 20.8 Å². The lowest BCUT2D eigenvalue weighted by Gasteiger charge is -2.35. The molecule has 1 atom stereocenters. The predicted molar refractivity (Wildman–Crippen MR) is 102 cm³/mol. The summed E-state index contributed by atoms with van der Waals surface area (Å²) in [5.74, 6) is 0.164. The molecule has 2 rings (SSSR count). The number of carbonyl (C=O) groups is 2. The van der Waals surface area contributed by atoms with Crippen molar-refractivity contribution < 1.29 is 9.59 Å². The third-order valence-corrected chi connectivity index (χ3v) is 5.01. The third-order valence-electron chi connectivity index (χ3n) is 5.01. The first-order valence-electron chi connectivity index (χ1n) is 9.82. The molecule has 0 aromatic heterocycles. The molecule has 1 saturated heterocycles. The van der Waals surface area contributed by atoms with Crippen molar-refractivity contribution in [1.29, 1.82) is 0 Å². The van der Waals surface area contributed by atoms with Crippen LogP contribution in [0.1, 0.15) is 80.0 Å². The molecule has 1 aromatic carbocycles. The van der Waals surface area contributed by atoms with Crippen LogP contribution < -0.4 is 0 Å². The SMILES string of the molecule is CCCN(CCC)C(=O)c1ccc(C(=O)N2CCCCC2CC)cc1. The van der Waals surface area contributed by atoms with Gasteiger partial charge >= 0.3 is 0 Å². The lowest BCUT2D eigenvalue weighted by atomic mass is 9.98. The minimum atomic E-state index is 0.0621. The Balaban J connectivity index is 2.10. The number of hydrogen-bond donors (Lipinski definition) is 0. The highest BCUT2D eigenvalue weighted by Crippen LogP contribution is 2.22. The second-order valence-electron chi connectivity index (χ2n) is 6.93. The Bertz CT molecular complexity index is 562. The van der Waals surface area contributed by atoms with Crippen molar-refractivity contribution in [2.24, 2.45) is 0 Å². The van der Waals surface area contributed by atoms with Gasteiger partial charge in [0.2, 0.25) is 0 Å². The fraction of sp³-hybridized carbons (Fsp3) is 0.619. The Kier molecular flexibility index (Phi) is 7.48. The molecule has 4 heteroatoms. The van der Waals surface area contributed by atoms with Gasteiger partial charge in [-0.3, -0.25) is 9.59 Å². The standard InChI is InChI=1S/C21H32N2O2/c1-4-14-22(15-5-2)20(24)17-10-12-18(13-11-17)21(25)23-16-8-7-9-19(23)6-3/h10-13,19H,4-9,14-16H2,1-3H3. The lowest BCUT2D eigenvalue weighted by molar-refractivity contribution is 0.0607. The molecule has 0 aliphatic carbocycles. The zero-order chi connectivity index (χ0) is 18.2. The quantitative estimate of drug-likeness (QED) is 0.737. The van der Waals surface area contributed by atoms with Gasteiger partial charge in [-0.15, -0.1) is 0 Å². The fourth-order valence-electron chi connectivity index (χ4n) is 3.65. The molecule has 2 amide bonds. The van der Waals surface area contributed by atoms with Crippen molar-refractivity contribution in [1.82, 2.24) is 9.80 Å². The van der Waals surface area contributed by atoms with Crippen LogP contribution in [0.5, 0.6) is 0 Å². The molecular weight excluding hydrogens is 312 g/mol. The highest BCUT2D eigenvalue weighted by molar-refractivity contribution is 5.98. The predicted octanol–water partition coefficient (Wildman–Crippen LogP) is 4.35. The molecule has 1 aliphatic heterocycles. The van der Waals surface area contributed by atoms with E-state index in [0.29, 0.717) is 17.2 Å². The third kappa shape index (κ3) is 4.83. The Morgan fingerprint density at radius 2 is 1.60 bits per heavy atom. The van der Waals surface area contributed by atoms with Crippen molar-refractivity contribution in [3.63, 3.8) is 0 Å². The van der Waals surface area contributed by atoms with Crippen LogP contribution in [0.4, 0.5) is 0 Å². The first-order valence-corrected chi connectivity index (χ1v) is 9.82. The summed E-state index contributed by atoms with van der Waals surface area (Å²) in [6.07, 6.45) is 6.31. The van der Waals surface area contributed by atoms with Gasteiger partial charge in [0.05, 0.1) is 0 Å². The van der Waals surface area contributed by atoms with Crippen LogP contribution in [0, 0.1) is 0 Å². The van der Waals surface area contributed by atoms with E-state index < -0.39 is 0 Å². The Labute approximate surface area is 152 Å². The van der Waals surface area contributed by atoms with Gasteiger partial charge < -0.3 is 9.80 Å². The smallest absolute Gasteiger partial charge is 0.254 e. The van der Waals surface area contributed by atoms with Crippen LogP contribution in [0.3, 0.4) is 0 Å². The van der Waals surface area contributed by atoms with E-state index in [1.165, 1.54) is 6.42 Å². The maximum absolute atomic E-state index is 12.8. The minimum absolute atomic E-state index is 0.0621. The van der Waals surface area contributed by atoms with Crippen molar-refractivity contribution in [3.05, 3.63) is 35.4 Å². The van der Waals surface area contributed by atoms with Crippen LogP contribution in [-0.4, -0.2) is 47.3 Å². The number of hydrogen-bond acceptors (Lipinski definition) is 2. The maximum atomic E-state index is 12.8. The van der Waals surface area contributed by atoms with Crippen molar-refractivity contribution in [2.45, 2.75) is 65.3 Å². The van der Waals surface area contributed by atoms with Crippen LogP contribution >= 0.6 is 0 Å². The molecule has 1 unspecified atom stereocenters. The van der Waals surface area contributed by atoms with Gasteiger partial charge in [0.25, 0.3) is 11.8 Å². The monoisotopic (exact) mass is 344 g/mol. The van der Waals surface area contributed by atoms with Gasteiger partial charge in [-0.1, -0.05) is 20.8 Å². The molecule has 0 radical (unpaired) electrons. The lowest BCUT2D eigenvalue weighted by Crippen LogP contribution is -2.43. The number of benzene rings is 1. The fourth-order valence-corrected chi connectivity index (χ4v) is 3.65.